The van der Waals surface area contributed by atoms with Crippen LogP contribution in [-0.2, 0) is 14.8 Å². The lowest BCUT2D eigenvalue weighted by atomic mass is 9.91. The van der Waals surface area contributed by atoms with Crippen LogP contribution in [0.5, 0.6) is 0 Å². The third-order valence-corrected chi connectivity index (χ3v) is 5.16. The molecule has 114 valence electrons. The third kappa shape index (κ3) is 2.44. The summed E-state index contributed by atoms with van der Waals surface area (Å²) in [5, 5.41) is 13.1. The number of hydrogen-bond acceptors (Lipinski definition) is 6. The van der Waals surface area contributed by atoms with E-state index in [1.54, 1.807) is 0 Å². The van der Waals surface area contributed by atoms with Crippen molar-refractivity contribution in [3.8, 4) is 0 Å². The molecule has 1 atom stereocenters. The number of nitrogens with zero attached hydrogens (tertiary/aromatic N) is 2. The van der Waals surface area contributed by atoms with Crippen molar-refractivity contribution in [1.29, 1.82) is 0 Å². The van der Waals surface area contributed by atoms with Crippen LogP contribution < -0.4 is 10.9 Å². The second-order valence-corrected chi connectivity index (χ2v) is 7.10. The lowest BCUT2D eigenvalue weighted by Gasteiger charge is -2.21. The predicted molar refractivity (Wildman–Crippen MR) is 75.3 cm³/mol. The summed E-state index contributed by atoms with van der Waals surface area (Å²) in [5.41, 5.74) is 3.64. The molecular formula is C12H16N4O4S. The smallest absolute Gasteiger partial charge is 0.268 e. The highest BCUT2D eigenvalue weighted by Crippen LogP contribution is 2.21. The molecule has 0 saturated heterocycles. The van der Waals surface area contributed by atoms with E-state index < -0.39 is 21.5 Å². The highest BCUT2D eigenvalue weighted by molar-refractivity contribution is 7.89. The maximum absolute atomic E-state index is 12.0. The Morgan fingerprint density at radius 2 is 1.86 bits per heavy atom. The summed E-state index contributed by atoms with van der Waals surface area (Å²) in [6.07, 6.45) is 0. The summed E-state index contributed by atoms with van der Waals surface area (Å²) in [4.78, 5) is 11.8. The molecule has 1 aromatic carbocycles. The number of hydrogen-bond donors (Lipinski definition) is 3. The topological polar surface area (TPSA) is 111 Å². The first-order valence-corrected chi connectivity index (χ1v) is 7.50. The molecule has 1 heterocycles. The molecule has 8 nitrogen and oxygen atoms in total. The van der Waals surface area contributed by atoms with Gasteiger partial charge in [0, 0.05) is 19.7 Å². The van der Waals surface area contributed by atoms with Gasteiger partial charge in [0.05, 0.1) is 10.6 Å². The summed E-state index contributed by atoms with van der Waals surface area (Å²) in [7, 11) is -0.628. The van der Waals surface area contributed by atoms with Gasteiger partial charge < -0.3 is 5.21 Å². The fourth-order valence-corrected chi connectivity index (χ4v) is 2.79. The van der Waals surface area contributed by atoms with Crippen LogP contribution in [0.4, 0.5) is 0 Å². The normalized spacial score (nSPS) is 22.3. The number of nitrogens with one attached hydrogen (secondary N) is 2. The van der Waals surface area contributed by atoms with Crippen molar-refractivity contribution in [2.24, 2.45) is 5.10 Å². The molecule has 0 fully saturated rings. The molecule has 2 rings (SSSR count). The third-order valence-electron chi connectivity index (χ3n) is 3.33. The molecule has 1 aliphatic rings. The first-order chi connectivity index (χ1) is 9.73. The number of carbonyl (C=O) groups excluding carboxylic acids is 1. The van der Waals surface area contributed by atoms with Crippen LogP contribution in [0.25, 0.3) is 0 Å². The van der Waals surface area contributed by atoms with Crippen molar-refractivity contribution >= 4 is 21.6 Å². The summed E-state index contributed by atoms with van der Waals surface area (Å²) in [6, 6.07) is 5.91. The van der Waals surface area contributed by atoms with Gasteiger partial charge >= 0.3 is 0 Å². The molecule has 3 N–H and O–H groups in total. The summed E-state index contributed by atoms with van der Waals surface area (Å²) >= 11 is 0. The molecule has 0 saturated carbocycles. The highest BCUT2D eigenvalue weighted by atomic mass is 32.2. The Morgan fingerprint density at radius 1 is 1.29 bits per heavy atom. The fourth-order valence-electron chi connectivity index (χ4n) is 1.89. The highest BCUT2D eigenvalue weighted by Gasteiger charge is 2.43. The Morgan fingerprint density at radius 3 is 2.33 bits per heavy atom. The van der Waals surface area contributed by atoms with E-state index in [0.717, 1.165) is 4.31 Å². The number of sulfonamides is 1. The zero-order valence-electron chi connectivity index (χ0n) is 11.8. The van der Waals surface area contributed by atoms with Gasteiger partial charge in [0.25, 0.3) is 5.91 Å². The summed E-state index contributed by atoms with van der Waals surface area (Å²) in [5.74, 6) is -0.495. The van der Waals surface area contributed by atoms with Gasteiger partial charge in [-0.2, -0.15) is 10.6 Å². The van der Waals surface area contributed by atoms with Crippen LogP contribution in [0.3, 0.4) is 0 Å². The molecule has 0 radical (unpaired) electrons. The Balaban J connectivity index is 2.39. The summed E-state index contributed by atoms with van der Waals surface area (Å²) < 4.78 is 25.1. The van der Waals surface area contributed by atoms with Gasteiger partial charge in [0.15, 0.2) is 5.54 Å². The lowest BCUT2D eigenvalue weighted by molar-refractivity contribution is -0.126. The maximum atomic E-state index is 12.0. The van der Waals surface area contributed by atoms with E-state index >= 15 is 0 Å². The largest absolute Gasteiger partial charge is 0.315 e. The molecular weight excluding hydrogens is 296 g/mol. The molecule has 1 aromatic rings. The molecule has 0 spiro atoms. The zero-order chi connectivity index (χ0) is 15.8. The van der Waals surface area contributed by atoms with Gasteiger partial charge in [-0.05, 0) is 19.1 Å². The van der Waals surface area contributed by atoms with Crippen molar-refractivity contribution in [2.45, 2.75) is 17.4 Å². The number of hydrazone groups is 1. The Hall–Kier alpha value is -1.81. The van der Waals surface area contributed by atoms with E-state index in [0.29, 0.717) is 5.56 Å². The first-order valence-electron chi connectivity index (χ1n) is 6.06. The van der Waals surface area contributed by atoms with Crippen LogP contribution in [0.2, 0.25) is 0 Å². The van der Waals surface area contributed by atoms with Gasteiger partial charge in [-0.25, -0.2) is 18.1 Å². The molecule has 0 aliphatic carbocycles. The van der Waals surface area contributed by atoms with Crippen LogP contribution in [0.1, 0.15) is 12.5 Å². The molecule has 9 heteroatoms. The predicted octanol–water partition coefficient (Wildman–Crippen LogP) is -0.492. The van der Waals surface area contributed by atoms with Gasteiger partial charge in [-0.1, -0.05) is 12.1 Å². The average Bonchev–Trinajstić information content (AvgIpc) is 2.75. The minimum absolute atomic E-state index is 0.132. The quantitative estimate of drug-likeness (QED) is 0.650. The second kappa shape index (κ2) is 5.19. The van der Waals surface area contributed by atoms with E-state index in [1.165, 1.54) is 45.3 Å². The Kier molecular flexibility index (Phi) is 3.85. The lowest BCUT2D eigenvalue weighted by Crippen LogP contribution is -2.53. The molecule has 1 amide bonds. The molecule has 1 aliphatic heterocycles. The van der Waals surface area contributed by atoms with Gasteiger partial charge in [-0.3, -0.25) is 4.79 Å². The van der Waals surface area contributed by atoms with Crippen molar-refractivity contribution in [1.82, 2.24) is 15.2 Å². The average molecular weight is 312 g/mol. The van der Waals surface area contributed by atoms with Crippen LogP contribution in [0.15, 0.2) is 34.3 Å². The standard InChI is InChI=1S/C12H16N4O4S/c1-12(15-18)10(13-14-11(12)17)8-4-6-9(7-5-8)21(19,20)16(2)3/h4-7,15,18H,1-3H3,(H,14,17). The minimum Gasteiger partial charge on any atom is -0.315 e. The zero-order valence-corrected chi connectivity index (χ0v) is 12.6. The van der Waals surface area contributed by atoms with E-state index in [-0.39, 0.29) is 10.6 Å². The van der Waals surface area contributed by atoms with E-state index in [1.807, 2.05) is 5.48 Å². The molecule has 0 aromatic heterocycles. The molecule has 21 heavy (non-hydrogen) atoms. The van der Waals surface area contributed by atoms with Crippen molar-refractivity contribution < 1.29 is 18.4 Å². The summed E-state index contributed by atoms with van der Waals surface area (Å²) in [6.45, 7) is 1.47. The van der Waals surface area contributed by atoms with Crippen molar-refractivity contribution in [2.75, 3.05) is 14.1 Å². The monoisotopic (exact) mass is 312 g/mol. The van der Waals surface area contributed by atoms with Crippen LogP contribution in [-0.4, -0.2) is 49.2 Å². The van der Waals surface area contributed by atoms with E-state index in [2.05, 4.69) is 10.5 Å². The Bertz CT molecular complexity index is 696. The van der Waals surface area contributed by atoms with E-state index in [4.69, 9.17) is 0 Å². The Labute approximate surface area is 122 Å². The minimum atomic E-state index is -3.52. The number of amides is 1. The van der Waals surface area contributed by atoms with Gasteiger partial charge in [-0.15, -0.1) is 0 Å². The van der Waals surface area contributed by atoms with Crippen molar-refractivity contribution in [3.63, 3.8) is 0 Å². The first kappa shape index (κ1) is 15.6. The second-order valence-electron chi connectivity index (χ2n) is 4.95. The van der Waals surface area contributed by atoms with Gasteiger partial charge in [0.1, 0.15) is 0 Å². The van der Waals surface area contributed by atoms with Gasteiger partial charge in [0.2, 0.25) is 10.0 Å². The number of hydroxylamine groups is 1. The van der Waals surface area contributed by atoms with E-state index in [9.17, 15) is 18.4 Å². The van der Waals surface area contributed by atoms with Crippen molar-refractivity contribution in [3.05, 3.63) is 29.8 Å². The number of rotatable bonds is 4. The number of carbonyl (C=O) groups is 1. The molecule has 1 unspecified atom stereocenters. The fraction of sp³-hybridized carbons (Fsp3) is 0.333. The van der Waals surface area contributed by atoms with Crippen LogP contribution in [0, 0.1) is 0 Å². The number of benzene rings is 1. The van der Waals surface area contributed by atoms with Crippen LogP contribution >= 0.6 is 0 Å². The SMILES string of the molecule is CN(C)S(=O)(=O)c1ccc(C2=NNC(=O)C2(C)NO)cc1. The molecule has 0 bridgehead atoms. The maximum Gasteiger partial charge on any atom is 0.268 e.